The van der Waals surface area contributed by atoms with Crippen LogP contribution in [0.2, 0.25) is 0 Å². The van der Waals surface area contributed by atoms with E-state index < -0.39 is 0 Å². The first-order valence-corrected chi connectivity index (χ1v) is 11.4. The highest BCUT2D eigenvalue weighted by Crippen LogP contribution is 2.37. The zero-order valence-corrected chi connectivity index (χ0v) is 19.4. The molecule has 34 heavy (non-hydrogen) atoms. The van der Waals surface area contributed by atoms with Gasteiger partial charge in [0.25, 0.3) is 0 Å². The minimum Gasteiger partial charge on any atom is -0.452 e. The molecule has 0 bridgehead atoms. The molecule has 0 amide bonds. The van der Waals surface area contributed by atoms with Crippen molar-refractivity contribution in [1.82, 2.24) is 24.8 Å². The number of furan rings is 1. The number of hydrogen-bond acceptors (Lipinski definition) is 8. The van der Waals surface area contributed by atoms with Gasteiger partial charge < -0.3 is 20.0 Å². The van der Waals surface area contributed by atoms with E-state index in [9.17, 15) is 4.79 Å². The molecule has 1 aliphatic heterocycles. The van der Waals surface area contributed by atoms with E-state index in [-0.39, 0.29) is 17.8 Å². The number of benzene rings is 1. The molecule has 1 aliphatic rings. The first-order valence-electron chi connectivity index (χ1n) is 11.4. The first kappa shape index (κ1) is 22.0. The summed E-state index contributed by atoms with van der Waals surface area (Å²) < 4.78 is 15.6. The molecule has 0 radical (unpaired) electrons. The van der Waals surface area contributed by atoms with Gasteiger partial charge in [-0.15, -0.1) is 0 Å². The molecule has 3 aromatic heterocycles. The highest BCUT2D eigenvalue weighted by atomic mass is 16.5. The Kier molecular flexibility index (Phi) is 5.74. The number of ether oxygens (including phenoxy) is 1. The number of hydrazone groups is 1. The smallest absolute Gasteiger partial charge is 0.349 e. The lowest BCUT2D eigenvalue weighted by Gasteiger charge is -2.30. The van der Waals surface area contributed by atoms with Crippen LogP contribution < -0.4 is 11.1 Å². The van der Waals surface area contributed by atoms with Crippen molar-refractivity contribution < 1.29 is 9.15 Å². The Hall–Kier alpha value is -3.79. The Bertz CT molecular complexity index is 1460. The van der Waals surface area contributed by atoms with Gasteiger partial charge in [0, 0.05) is 55.7 Å². The zero-order valence-electron chi connectivity index (χ0n) is 19.4. The van der Waals surface area contributed by atoms with Crippen LogP contribution in [0.3, 0.4) is 0 Å². The fourth-order valence-corrected chi connectivity index (χ4v) is 4.70. The number of nitrogens with zero attached hydrogens (tertiary/aromatic N) is 5. The number of fused-ring (bicyclic) bond motifs is 3. The molecule has 0 saturated carbocycles. The molecule has 176 valence electrons. The van der Waals surface area contributed by atoms with Gasteiger partial charge in [0.15, 0.2) is 5.58 Å². The lowest BCUT2D eigenvalue weighted by atomic mass is 10.0. The Balaban J connectivity index is 1.82. The minimum absolute atomic E-state index is 0.0539. The molecule has 2 unspecified atom stereocenters. The molecular formula is C24H27N7O3. The maximum absolute atomic E-state index is 13.5. The summed E-state index contributed by atoms with van der Waals surface area (Å²) in [5.74, 6) is 0. The summed E-state index contributed by atoms with van der Waals surface area (Å²) in [6.45, 7) is 2.68. The van der Waals surface area contributed by atoms with Crippen LogP contribution in [0.25, 0.3) is 33.3 Å². The van der Waals surface area contributed by atoms with E-state index >= 15 is 0 Å². The van der Waals surface area contributed by atoms with E-state index in [2.05, 4.69) is 27.5 Å². The van der Waals surface area contributed by atoms with Crippen LogP contribution in [-0.2, 0) is 11.8 Å². The monoisotopic (exact) mass is 461 g/mol. The fraction of sp³-hybridized carbons (Fsp3) is 0.375. The molecule has 4 aromatic rings. The molecule has 0 aliphatic carbocycles. The van der Waals surface area contributed by atoms with Crippen molar-refractivity contribution in [2.75, 3.05) is 13.7 Å². The maximum atomic E-state index is 13.5. The fourth-order valence-electron chi connectivity index (χ4n) is 4.70. The van der Waals surface area contributed by atoms with Crippen molar-refractivity contribution in [3.8, 4) is 11.3 Å². The summed E-state index contributed by atoms with van der Waals surface area (Å²) in [7, 11) is 3.51. The summed E-state index contributed by atoms with van der Waals surface area (Å²) in [5, 5.41) is 17.0. The van der Waals surface area contributed by atoms with Crippen LogP contribution in [0, 0.1) is 5.41 Å². The number of aromatic nitrogens is 4. The summed E-state index contributed by atoms with van der Waals surface area (Å²) in [5.41, 5.74) is 6.70. The quantitative estimate of drug-likeness (QED) is 0.336. The van der Waals surface area contributed by atoms with Gasteiger partial charge in [-0.25, -0.2) is 4.79 Å². The predicted octanol–water partition coefficient (Wildman–Crippen LogP) is 3.25. The molecule has 5 rings (SSSR count). The molecule has 1 fully saturated rings. The molecule has 2 N–H and O–H groups in total. The van der Waals surface area contributed by atoms with Crippen molar-refractivity contribution in [3.63, 3.8) is 0 Å². The first-order chi connectivity index (χ1) is 16.5. The van der Waals surface area contributed by atoms with Crippen LogP contribution in [0.4, 0.5) is 0 Å². The number of hydrogen-bond donors (Lipinski definition) is 2. The van der Waals surface area contributed by atoms with Crippen LogP contribution in [0.1, 0.15) is 37.8 Å². The number of rotatable bonds is 6. The third kappa shape index (κ3) is 3.69. The summed E-state index contributed by atoms with van der Waals surface area (Å²) >= 11 is 0. The average Bonchev–Trinajstić information content (AvgIpc) is 3.45. The predicted molar refractivity (Wildman–Crippen MR) is 131 cm³/mol. The molecular weight excluding hydrogens is 434 g/mol. The van der Waals surface area contributed by atoms with E-state index in [1.807, 2.05) is 31.4 Å². The molecule has 1 aromatic carbocycles. The van der Waals surface area contributed by atoms with Crippen LogP contribution >= 0.6 is 0 Å². The van der Waals surface area contributed by atoms with Crippen LogP contribution in [0.15, 0.2) is 44.9 Å². The van der Waals surface area contributed by atoms with Gasteiger partial charge in [0.05, 0.1) is 12.3 Å². The summed E-state index contributed by atoms with van der Waals surface area (Å²) in [6, 6.07) is 5.57. The third-order valence-electron chi connectivity index (χ3n) is 6.33. The van der Waals surface area contributed by atoms with Crippen LogP contribution in [-0.4, -0.2) is 51.0 Å². The van der Waals surface area contributed by atoms with Crippen molar-refractivity contribution in [2.24, 2.45) is 12.1 Å². The van der Waals surface area contributed by atoms with Crippen LogP contribution in [0.5, 0.6) is 0 Å². The second-order valence-electron chi connectivity index (χ2n) is 8.45. The molecule has 1 saturated heterocycles. The standard InChI is InChI=1S/C24H27N7O3/c1-4-17-10-16(7-8-33-17)31-22-18-9-14(19(11-25)29-26-2)5-6-20(18)34-23(22)21(28-24(31)32)15-12-27-30(3)13-15/h5-6,9,11-13,16-17,25-26H,4,7-8,10H2,1-3H3/b25-11?,29-19+. The lowest BCUT2D eigenvalue weighted by molar-refractivity contribution is -0.00709. The van der Waals surface area contributed by atoms with Crippen molar-refractivity contribution in [3.05, 3.63) is 46.6 Å². The maximum Gasteiger partial charge on any atom is 0.349 e. The topological polar surface area (TPSA) is 123 Å². The molecule has 0 spiro atoms. The van der Waals surface area contributed by atoms with Gasteiger partial charge in [0.2, 0.25) is 0 Å². The van der Waals surface area contributed by atoms with Gasteiger partial charge in [-0.3, -0.25) is 9.25 Å². The molecule has 4 heterocycles. The van der Waals surface area contributed by atoms with Crippen molar-refractivity contribution >= 4 is 34.0 Å². The number of nitrogens with one attached hydrogen (secondary N) is 2. The highest BCUT2D eigenvalue weighted by molar-refractivity contribution is 6.37. The third-order valence-corrected chi connectivity index (χ3v) is 6.33. The molecule has 10 nitrogen and oxygen atoms in total. The SMILES string of the molecule is CCC1CC(n2c(=O)nc(-c3cnn(C)c3)c3oc4ccc(/C(C=N)=N/NC)cc4c32)CCO1. The second kappa shape index (κ2) is 8.86. The zero-order chi connectivity index (χ0) is 23.8. The van der Waals surface area contributed by atoms with E-state index in [4.69, 9.17) is 14.6 Å². The molecule has 10 heteroatoms. The summed E-state index contributed by atoms with van der Waals surface area (Å²) in [6.07, 6.45) is 7.13. The summed E-state index contributed by atoms with van der Waals surface area (Å²) in [4.78, 5) is 18.0. The Morgan fingerprint density at radius 3 is 2.97 bits per heavy atom. The largest absolute Gasteiger partial charge is 0.452 e. The highest BCUT2D eigenvalue weighted by Gasteiger charge is 2.29. The van der Waals surface area contributed by atoms with E-state index in [1.54, 1.807) is 22.5 Å². The number of aryl methyl sites for hydroxylation is 1. The van der Waals surface area contributed by atoms with Gasteiger partial charge in [-0.05, 0) is 37.5 Å². The Morgan fingerprint density at radius 2 is 2.26 bits per heavy atom. The Morgan fingerprint density at radius 1 is 1.41 bits per heavy atom. The van der Waals surface area contributed by atoms with Gasteiger partial charge in [-0.2, -0.15) is 15.2 Å². The minimum atomic E-state index is -0.322. The van der Waals surface area contributed by atoms with E-state index in [0.29, 0.717) is 40.3 Å². The lowest BCUT2D eigenvalue weighted by Crippen LogP contribution is -2.34. The van der Waals surface area contributed by atoms with Gasteiger partial charge in [-0.1, -0.05) is 6.92 Å². The second-order valence-corrected chi connectivity index (χ2v) is 8.45. The van der Waals surface area contributed by atoms with E-state index in [1.165, 1.54) is 6.21 Å². The van der Waals surface area contributed by atoms with Gasteiger partial charge in [0.1, 0.15) is 22.5 Å². The average molecular weight is 462 g/mol. The van der Waals surface area contributed by atoms with Gasteiger partial charge >= 0.3 is 5.69 Å². The van der Waals surface area contributed by atoms with Crippen molar-refractivity contribution in [1.29, 1.82) is 5.41 Å². The van der Waals surface area contributed by atoms with Crippen molar-refractivity contribution in [2.45, 2.75) is 38.3 Å². The molecule has 2 atom stereocenters. The van der Waals surface area contributed by atoms with E-state index in [0.717, 1.165) is 30.2 Å². The Labute approximate surface area is 195 Å². The normalized spacial score (nSPS) is 19.1.